The molecular weight excluding hydrogens is 268 g/mol. The average Bonchev–Trinajstić information content (AvgIpc) is 2.84. The van der Waals surface area contributed by atoms with Crippen molar-refractivity contribution in [2.45, 2.75) is 19.0 Å². The maximum atomic E-state index is 10.9. The first-order valence-corrected chi connectivity index (χ1v) is 6.43. The van der Waals surface area contributed by atoms with E-state index in [2.05, 4.69) is 5.32 Å². The zero-order valence-electron chi connectivity index (χ0n) is 10.3. The monoisotopic (exact) mass is 282 g/mol. The molecule has 0 radical (unpaired) electrons. The number of nitro benzene ring substituents is 1. The van der Waals surface area contributed by atoms with Gasteiger partial charge in [-0.1, -0.05) is 23.8 Å². The molecule has 5 nitrogen and oxygen atoms in total. The number of aliphatic hydroxyl groups is 1. The molecule has 0 bridgehead atoms. The second kappa shape index (κ2) is 6.14. The minimum absolute atomic E-state index is 0.0672. The molecule has 1 aliphatic rings. The Morgan fingerprint density at radius 1 is 1.47 bits per heavy atom. The molecule has 6 heteroatoms. The van der Waals surface area contributed by atoms with Crippen LogP contribution in [-0.2, 0) is 6.54 Å². The van der Waals surface area contributed by atoms with Crippen LogP contribution in [0.3, 0.4) is 0 Å². The van der Waals surface area contributed by atoms with Crippen LogP contribution in [-0.4, -0.2) is 22.7 Å². The van der Waals surface area contributed by atoms with Gasteiger partial charge in [0.25, 0.3) is 5.69 Å². The summed E-state index contributed by atoms with van der Waals surface area (Å²) in [5.74, 6) is 0.173. The largest absolute Gasteiger partial charge is 0.396 e. The highest BCUT2D eigenvalue weighted by Crippen LogP contribution is 2.23. The number of nitro groups is 1. The fourth-order valence-electron chi connectivity index (χ4n) is 2.18. The van der Waals surface area contributed by atoms with Gasteiger partial charge in [-0.25, -0.2) is 0 Å². The molecule has 1 aliphatic carbocycles. The van der Waals surface area contributed by atoms with Crippen LogP contribution in [0.25, 0.3) is 0 Å². The smallest absolute Gasteiger partial charge is 0.273 e. The molecule has 0 aromatic heterocycles. The molecule has 2 N–H and O–H groups in total. The van der Waals surface area contributed by atoms with Crippen LogP contribution in [0.4, 0.5) is 5.69 Å². The van der Waals surface area contributed by atoms with Crippen molar-refractivity contribution in [1.82, 2.24) is 5.32 Å². The van der Waals surface area contributed by atoms with Gasteiger partial charge in [0.05, 0.1) is 4.92 Å². The molecule has 0 amide bonds. The lowest BCUT2D eigenvalue weighted by molar-refractivity contribution is -0.385. The Morgan fingerprint density at radius 3 is 2.89 bits per heavy atom. The lowest BCUT2D eigenvalue weighted by Gasteiger charge is -2.12. The molecule has 0 saturated heterocycles. The van der Waals surface area contributed by atoms with Crippen LogP contribution < -0.4 is 5.32 Å². The lowest BCUT2D eigenvalue weighted by atomic mass is 10.1. The van der Waals surface area contributed by atoms with Crippen molar-refractivity contribution in [2.75, 3.05) is 6.61 Å². The summed E-state index contributed by atoms with van der Waals surface area (Å²) in [6.45, 7) is 0.510. The van der Waals surface area contributed by atoms with E-state index in [4.69, 9.17) is 16.7 Å². The van der Waals surface area contributed by atoms with E-state index in [1.165, 1.54) is 12.1 Å². The Balaban J connectivity index is 2.01. The van der Waals surface area contributed by atoms with Crippen LogP contribution in [0.1, 0.15) is 12.0 Å². The highest BCUT2D eigenvalue weighted by atomic mass is 35.5. The summed E-state index contributed by atoms with van der Waals surface area (Å²) < 4.78 is 0. The Labute approximate surface area is 116 Å². The molecule has 0 fully saturated rings. The summed E-state index contributed by atoms with van der Waals surface area (Å²) >= 11 is 5.87. The van der Waals surface area contributed by atoms with Gasteiger partial charge in [-0.15, -0.1) is 0 Å². The summed E-state index contributed by atoms with van der Waals surface area (Å²) in [6, 6.07) is 4.67. The quantitative estimate of drug-likeness (QED) is 0.493. The van der Waals surface area contributed by atoms with Crippen molar-refractivity contribution < 1.29 is 10.0 Å². The summed E-state index contributed by atoms with van der Waals surface area (Å²) in [7, 11) is 0. The second-order valence-corrected chi connectivity index (χ2v) is 5.02. The molecule has 1 aromatic carbocycles. The fourth-order valence-corrected chi connectivity index (χ4v) is 2.37. The highest BCUT2D eigenvalue weighted by molar-refractivity contribution is 6.30. The van der Waals surface area contributed by atoms with Gasteiger partial charge in [-0.05, 0) is 18.6 Å². The normalized spacial score (nSPS) is 21.8. The number of aliphatic hydroxyl groups excluding tert-OH is 1. The lowest BCUT2D eigenvalue weighted by Crippen LogP contribution is -2.26. The van der Waals surface area contributed by atoms with Crippen LogP contribution in [0.15, 0.2) is 30.4 Å². The van der Waals surface area contributed by atoms with Gasteiger partial charge in [0.1, 0.15) is 0 Å². The number of nitrogens with zero attached hydrogens (tertiary/aromatic N) is 1. The van der Waals surface area contributed by atoms with Gasteiger partial charge in [0.15, 0.2) is 0 Å². The van der Waals surface area contributed by atoms with Crippen molar-refractivity contribution in [1.29, 1.82) is 0 Å². The second-order valence-electron chi connectivity index (χ2n) is 4.58. The SMILES string of the molecule is O=[N+]([O-])c1ccc(Cl)cc1CN[C@@H]1C=C[C@H](CO)C1. The van der Waals surface area contributed by atoms with E-state index in [1.54, 1.807) is 6.07 Å². The van der Waals surface area contributed by atoms with Gasteiger partial charge >= 0.3 is 0 Å². The summed E-state index contributed by atoms with van der Waals surface area (Å²) in [5.41, 5.74) is 0.635. The number of halogens is 1. The zero-order chi connectivity index (χ0) is 13.8. The van der Waals surface area contributed by atoms with Gasteiger partial charge < -0.3 is 10.4 Å². The molecule has 0 spiro atoms. The minimum atomic E-state index is -0.408. The molecular formula is C13H15ClN2O3. The number of rotatable bonds is 5. The number of hydrogen-bond acceptors (Lipinski definition) is 4. The van der Waals surface area contributed by atoms with Crippen LogP contribution in [0, 0.1) is 16.0 Å². The van der Waals surface area contributed by atoms with Crippen LogP contribution in [0.2, 0.25) is 5.02 Å². The van der Waals surface area contributed by atoms with E-state index in [1.807, 2.05) is 12.2 Å². The molecule has 0 unspecified atom stereocenters. The van der Waals surface area contributed by atoms with Gasteiger partial charge in [-0.3, -0.25) is 10.1 Å². The Bertz CT molecular complexity index is 505. The summed E-state index contributed by atoms with van der Waals surface area (Å²) in [5, 5.41) is 23.7. The average molecular weight is 283 g/mol. The molecule has 102 valence electrons. The Kier molecular flexibility index (Phi) is 4.52. The number of nitrogens with one attached hydrogen (secondary N) is 1. The molecule has 19 heavy (non-hydrogen) atoms. The summed E-state index contributed by atoms with van der Waals surface area (Å²) in [6.07, 6.45) is 4.76. The predicted molar refractivity (Wildman–Crippen MR) is 73.1 cm³/mol. The molecule has 2 rings (SSSR count). The van der Waals surface area contributed by atoms with E-state index in [9.17, 15) is 10.1 Å². The van der Waals surface area contributed by atoms with Gasteiger partial charge in [0, 0.05) is 41.8 Å². The van der Waals surface area contributed by atoms with Crippen molar-refractivity contribution >= 4 is 17.3 Å². The topological polar surface area (TPSA) is 75.4 Å². The van der Waals surface area contributed by atoms with E-state index < -0.39 is 4.92 Å². The highest BCUT2D eigenvalue weighted by Gasteiger charge is 2.19. The van der Waals surface area contributed by atoms with Crippen molar-refractivity contribution in [3.05, 3.63) is 51.1 Å². The zero-order valence-corrected chi connectivity index (χ0v) is 11.0. The standard InChI is InChI=1S/C13H15ClN2O3/c14-11-2-4-13(16(18)19)10(6-11)7-15-12-3-1-9(5-12)8-17/h1-4,6,9,12,15,17H,5,7-8H2/t9-,12+/m0/s1. The maximum absolute atomic E-state index is 10.9. The van der Waals surface area contributed by atoms with E-state index in [0.717, 1.165) is 6.42 Å². The molecule has 0 saturated carbocycles. The van der Waals surface area contributed by atoms with E-state index >= 15 is 0 Å². The van der Waals surface area contributed by atoms with Crippen molar-refractivity contribution in [2.24, 2.45) is 5.92 Å². The Morgan fingerprint density at radius 2 is 2.26 bits per heavy atom. The number of hydrogen-bond donors (Lipinski definition) is 2. The predicted octanol–water partition coefficient (Wildman–Crippen LogP) is 2.27. The van der Waals surface area contributed by atoms with E-state index in [-0.39, 0.29) is 24.3 Å². The third-order valence-electron chi connectivity index (χ3n) is 3.20. The molecule has 1 aromatic rings. The molecule has 0 heterocycles. The third kappa shape index (κ3) is 3.53. The first-order chi connectivity index (χ1) is 9.10. The first-order valence-electron chi connectivity index (χ1n) is 6.05. The third-order valence-corrected chi connectivity index (χ3v) is 3.43. The van der Waals surface area contributed by atoms with Crippen molar-refractivity contribution in [3.8, 4) is 0 Å². The molecule has 2 atom stereocenters. The van der Waals surface area contributed by atoms with Crippen LogP contribution in [0.5, 0.6) is 0 Å². The fraction of sp³-hybridized carbons (Fsp3) is 0.385. The van der Waals surface area contributed by atoms with Gasteiger partial charge in [-0.2, -0.15) is 0 Å². The number of benzene rings is 1. The maximum Gasteiger partial charge on any atom is 0.273 e. The van der Waals surface area contributed by atoms with Crippen molar-refractivity contribution in [3.63, 3.8) is 0 Å². The van der Waals surface area contributed by atoms with Gasteiger partial charge in [0.2, 0.25) is 0 Å². The van der Waals surface area contributed by atoms with Crippen LogP contribution >= 0.6 is 11.6 Å². The molecule has 0 aliphatic heterocycles. The first kappa shape index (κ1) is 14.0. The summed E-state index contributed by atoms with van der Waals surface area (Å²) in [4.78, 5) is 10.5. The Hall–Kier alpha value is -1.43. The minimum Gasteiger partial charge on any atom is -0.396 e. The van der Waals surface area contributed by atoms with E-state index in [0.29, 0.717) is 17.1 Å².